The molecule has 0 spiro atoms. The number of unbranched alkanes of at least 4 members (excludes halogenated alkanes) is 56. The molecule has 2 atom stereocenters. The molecule has 4 nitrogen and oxygen atoms in total. The third-order valence-electron chi connectivity index (χ3n) is 16.0. The van der Waals surface area contributed by atoms with Crippen molar-refractivity contribution in [3.63, 3.8) is 0 Å². The van der Waals surface area contributed by atoms with Gasteiger partial charge in [0.25, 0.3) is 0 Å². The molecule has 0 N–H and O–H groups in total. The van der Waals surface area contributed by atoms with E-state index < -0.39 is 11.4 Å². The fourth-order valence-electron chi connectivity index (χ4n) is 10.7. The maximum atomic E-state index is 12.5. The summed E-state index contributed by atoms with van der Waals surface area (Å²) in [5, 5.41) is 0. The first-order chi connectivity index (χ1) is 38.2. The van der Waals surface area contributed by atoms with E-state index in [1.807, 2.05) is 0 Å². The van der Waals surface area contributed by atoms with Gasteiger partial charge in [-0.15, -0.1) is 22.8 Å². The SMILES string of the molecule is CCCCCCCCCCCCCCCCCOP([O-])(=S)SCCCCCCCCCCCCCCCCC.CCCCCCCCCCCCCCCCCOP([O-])(=S)SCCCCCCCCCCCCCCCCC.[Zn+2]. The van der Waals surface area contributed by atoms with Crippen LogP contribution >= 0.6 is 34.2 Å². The van der Waals surface area contributed by atoms with Gasteiger partial charge in [0, 0.05) is 11.4 Å². The van der Waals surface area contributed by atoms with E-state index >= 15 is 0 Å². The fraction of sp³-hybridized carbons (Fsp3) is 1.00. The molecule has 11 heteroatoms. The fourth-order valence-corrected chi connectivity index (χ4v) is 17.4. The van der Waals surface area contributed by atoms with Gasteiger partial charge in [-0.2, -0.15) is 0 Å². The van der Waals surface area contributed by atoms with Crippen molar-refractivity contribution >= 4 is 57.8 Å². The molecule has 0 saturated carbocycles. The molecular weight excluding hydrogens is 1140 g/mol. The predicted molar refractivity (Wildman–Crippen MR) is 365 cm³/mol. The van der Waals surface area contributed by atoms with Gasteiger partial charge in [0.2, 0.25) is 0 Å². The van der Waals surface area contributed by atoms with Crippen LogP contribution in [0.5, 0.6) is 0 Å². The molecule has 0 rings (SSSR count). The van der Waals surface area contributed by atoms with Gasteiger partial charge < -0.3 is 18.8 Å². The van der Waals surface area contributed by atoms with Crippen LogP contribution in [-0.2, 0) is 52.1 Å². The van der Waals surface area contributed by atoms with E-state index in [0.717, 1.165) is 37.2 Å². The quantitative estimate of drug-likeness (QED) is 0.0339. The Morgan fingerprint density at radius 1 is 0.228 bits per heavy atom. The van der Waals surface area contributed by atoms with Gasteiger partial charge in [0.05, 0.1) is 13.2 Å². The third-order valence-corrected chi connectivity index (χ3v) is 24.7. The number of rotatable bonds is 68. The summed E-state index contributed by atoms with van der Waals surface area (Å²) >= 11 is 13.3. The van der Waals surface area contributed by atoms with E-state index in [9.17, 15) is 9.79 Å². The van der Waals surface area contributed by atoms with E-state index in [1.54, 1.807) is 0 Å². The Morgan fingerprint density at radius 3 is 0.506 bits per heavy atom. The van der Waals surface area contributed by atoms with E-state index in [-0.39, 0.29) is 19.5 Å². The zero-order valence-corrected chi connectivity index (χ0v) is 62.1. The largest absolute Gasteiger partial charge is 2.00 e. The van der Waals surface area contributed by atoms with Gasteiger partial charge in [-0.3, -0.25) is 0 Å². The summed E-state index contributed by atoms with van der Waals surface area (Å²) in [6.07, 6.45) is 81.8. The maximum absolute atomic E-state index is 12.5. The van der Waals surface area contributed by atoms with Gasteiger partial charge in [-0.05, 0) is 37.2 Å². The van der Waals surface area contributed by atoms with Gasteiger partial charge in [0.15, 0.2) is 0 Å². The van der Waals surface area contributed by atoms with Crippen molar-refractivity contribution in [2.75, 3.05) is 24.7 Å². The molecule has 472 valence electrons. The first-order valence-electron chi connectivity index (χ1n) is 35.4. The van der Waals surface area contributed by atoms with Crippen LogP contribution in [0, 0.1) is 0 Å². The second kappa shape index (κ2) is 74.7. The Kier molecular flexibility index (Phi) is 81.0. The van der Waals surface area contributed by atoms with Crippen molar-refractivity contribution in [3.05, 3.63) is 0 Å². The summed E-state index contributed by atoms with van der Waals surface area (Å²) in [6.45, 7) is 10.3. The molecule has 0 amide bonds. The Hall–Kier alpha value is 2.46. The second-order valence-electron chi connectivity index (χ2n) is 24.0. The molecule has 0 saturated heterocycles. The summed E-state index contributed by atoms with van der Waals surface area (Å²) in [4.78, 5) is 24.9. The summed E-state index contributed by atoms with van der Waals surface area (Å²) in [5.74, 6) is 1.77. The van der Waals surface area contributed by atoms with Crippen LogP contribution < -0.4 is 9.79 Å². The average Bonchev–Trinajstić information content (AvgIpc) is 3.42. The molecule has 0 heterocycles. The summed E-state index contributed by atoms with van der Waals surface area (Å²) in [5.41, 5.74) is -5.74. The maximum Gasteiger partial charge on any atom is 2.00 e. The second-order valence-corrected chi connectivity index (χ2v) is 36.4. The minimum absolute atomic E-state index is 0. The molecule has 0 aliphatic rings. The Morgan fingerprint density at radius 2 is 0.354 bits per heavy atom. The molecule has 0 aromatic heterocycles. The molecule has 0 fully saturated rings. The van der Waals surface area contributed by atoms with E-state index in [2.05, 4.69) is 27.7 Å². The monoisotopic (exact) mass is 1270 g/mol. The molecular formula is C68H140O4P2S4Zn. The van der Waals surface area contributed by atoms with Crippen molar-refractivity contribution in [1.82, 2.24) is 0 Å². The smallest absolute Gasteiger partial charge is 0.793 e. The minimum Gasteiger partial charge on any atom is -0.793 e. The van der Waals surface area contributed by atoms with Crippen LogP contribution in [0.3, 0.4) is 0 Å². The molecule has 0 aromatic rings. The van der Waals surface area contributed by atoms with Crippen LogP contribution in [-0.4, -0.2) is 24.7 Å². The average molecular weight is 1280 g/mol. The number of hydrogen-bond donors (Lipinski definition) is 0. The van der Waals surface area contributed by atoms with Crippen molar-refractivity contribution in [3.8, 4) is 0 Å². The molecule has 0 radical (unpaired) electrons. The van der Waals surface area contributed by atoms with Gasteiger partial charge in [0.1, 0.15) is 0 Å². The predicted octanol–water partition coefficient (Wildman–Crippen LogP) is 26.1. The normalized spacial score (nSPS) is 13.0. The minimum atomic E-state index is -2.87. The van der Waals surface area contributed by atoms with Crippen LogP contribution in [0.2, 0.25) is 0 Å². The molecule has 0 aliphatic heterocycles. The Bertz CT molecular complexity index is 1020. The standard InChI is InChI=1S/2C34H71O2PS2.Zn/c2*1-3-5-7-9-11-13-15-17-19-21-23-25-27-29-31-33-36-37(35,38)39-34-32-30-28-26-24-22-20-18-16-14-12-10-8-6-4-2;/h2*3-34H2,1-2H3,(H,35,38);/q;;+2/p-2. The van der Waals surface area contributed by atoms with E-state index in [1.165, 1.54) is 382 Å². The van der Waals surface area contributed by atoms with E-state index in [4.69, 9.17) is 32.7 Å². The molecule has 79 heavy (non-hydrogen) atoms. The molecule has 2 unspecified atom stereocenters. The van der Waals surface area contributed by atoms with Crippen LogP contribution in [0.1, 0.15) is 413 Å². The van der Waals surface area contributed by atoms with E-state index in [0.29, 0.717) is 13.2 Å². The summed E-state index contributed by atoms with van der Waals surface area (Å²) in [6, 6.07) is 0. The van der Waals surface area contributed by atoms with Crippen molar-refractivity contribution in [2.45, 2.75) is 413 Å². The zero-order chi connectivity index (χ0) is 57.1. The first kappa shape index (κ1) is 85.7. The number of hydrogen-bond acceptors (Lipinski definition) is 8. The zero-order valence-electron chi connectivity index (χ0n) is 54.1. The van der Waals surface area contributed by atoms with Gasteiger partial charge in [-0.1, -0.05) is 411 Å². The Balaban J connectivity index is -0.00000144. The summed E-state index contributed by atoms with van der Waals surface area (Å²) < 4.78 is 11.2. The van der Waals surface area contributed by atoms with Crippen LogP contribution in [0.4, 0.5) is 0 Å². The Labute approximate surface area is 529 Å². The molecule has 0 aromatic carbocycles. The van der Waals surface area contributed by atoms with Crippen LogP contribution in [0.25, 0.3) is 0 Å². The molecule has 0 bridgehead atoms. The third kappa shape index (κ3) is 80.5. The topological polar surface area (TPSA) is 64.6 Å². The van der Waals surface area contributed by atoms with Crippen molar-refractivity contribution < 1.29 is 38.3 Å². The molecule has 0 aliphatic carbocycles. The van der Waals surface area contributed by atoms with Crippen LogP contribution in [0.15, 0.2) is 0 Å². The summed E-state index contributed by atoms with van der Waals surface area (Å²) in [7, 11) is 0. The van der Waals surface area contributed by atoms with Gasteiger partial charge in [-0.25, -0.2) is 0 Å². The van der Waals surface area contributed by atoms with Crippen molar-refractivity contribution in [2.24, 2.45) is 0 Å². The first-order valence-corrected chi connectivity index (χ1v) is 43.9. The van der Waals surface area contributed by atoms with Gasteiger partial charge >= 0.3 is 19.5 Å². The van der Waals surface area contributed by atoms with Crippen molar-refractivity contribution in [1.29, 1.82) is 0 Å².